The fourth-order valence-corrected chi connectivity index (χ4v) is 19.2. The van der Waals surface area contributed by atoms with Crippen molar-refractivity contribution in [1.29, 1.82) is 0 Å². The van der Waals surface area contributed by atoms with Crippen LogP contribution in [-0.2, 0) is 46.6 Å². The quantitative estimate of drug-likeness (QED) is 0.0421. The number of hydrogen-bond acceptors (Lipinski definition) is 21. The van der Waals surface area contributed by atoms with Crippen LogP contribution in [0.15, 0.2) is 248 Å². The van der Waals surface area contributed by atoms with Crippen LogP contribution < -0.4 is 22.2 Å². The van der Waals surface area contributed by atoms with Crippen LogP contribution in [0, 0.1) is 41.0 Å². The molecule has 8 amide bonds. The van der Waals surface area contributed by atoms with E-state index in [1.807, 2.05) is 30.3 Å². The van der Waals surface area contributed by atoms with Crippen molar-refractivity contribution in [1.82, 2.24) is 69.9 Å². The number of nitrogens with one attached hydrogen (secondary N) is 4. The molecular formula is C99H74F7N15O14S. The van der Waals surface area contributed by atoms with Gasteiger partial charge in [0.15, 0.2) is 5.04 Å². The number of imide groups is 6. The van der Waals surface area contributed by atoms with E-state index in [0.29, 0.717) is 118 Å². The first-order valence-corrected chi connectivity index (χ1v) is 44.0. The van der Waals surface area contributed by atoms with E-state index in [1.54, 1.807) is 102 Å². The monoisotopic (exact) mass is 1860 g/mol. The summed E-state index contributed by atoms with van der Waals surface area (Å²) in [7, 11) is 0. The first-order valence-electron chi connectivity index (χ1n) is 43.1. The minimum atomic E-state index is -4.50. The smallest absolute Gasteiger partial charge is 0.380 e. The highest BCUT2D eigenvalue weighted by Gasteiger charge is 2.54. The fraction of sp³-hybridized carbons (Fsp3) is 0.212. The van der Waals surface area contributed by atoms with Crippen molar-refractivity contribution in [2.24, 2.45) is 22.7 Å². The number of alkyl halides is 3. The van der Waals surface area contributed by atoms with Gasteiger partial charge in [0, 0.05) is 111 Å². The molecule has 4 atom stereocenters. The zero-order valence-electron chi connectivity index (χ0n) is 71.4. The van der Waals surface area contributed by atoms with Crippen LogP contribution in [0.25, 0.3) is 43.1 Å². The summed E-state index contributed by atoms with van der Waals surface area (Å²) < 4.78 is 104. The minimum absolute atomic E-state index is 0.00582. The molecule has 12 heterocycles. The van der Waals surface area contributed by atoms with E-state index >= 15 is 0 Å². The molecule has 5 aromatic heterocycles. The Balaban J connectivity index is 0.000000116. The summed E-state index contributed by atoms with van der Waals surface area (Å²) >= 11 is 0.616. The largest absolute Gasteiger partial charge is 0.439 e. The molecule has 37 heteroatoms. The Morgan fingerprint density at radius 2 is 0.757 bits per heavy atom. The number of H-pyrrole nitrogens is 4. The first-order chi connectivity index (χ1) is 65.5. The number of fused-ring (bicyclic) bond motifs is 7. The average Bonchev–Trinajstić information content (AvgIpc) is 1.56. The molecule has 3 saturated heterocycles. The molecule has 1 saturated carbocycles. The number of rotatable bonds is 15. The number of ether oxygens (including phenoxy) is 1. The normalized spacial score (nSPS) is 17.7. The van der Waals surface area contributed by atoms with Crippen LogP contribution in [0.4, 0.5) is 30.7 Å². The SMILES string of the molecule is O=C(c1cc(Cc2n[nH]c(=O)c3ccccc23)ccc1F)N1C(=O)C2COCC2C1=O.O=C(c1cc(Cc2n[nH]c(=O)c3ccccc23)ccc1F)N1C(=O)c2cn(C(=O)C3CC3)cc2C1=O.O=C(c1cc(Cc2n[nH]c(=O)c3ccccc23)ccc1F)N1CC2=C(CN(Cc3ccccc3)C2)C1.O=C(c1cc(Cc2n[nH]c(=O)c3ccccc23)ccc1F)N1CC2N=C(C(F)(F)F)SC2C1. The van der Waals surface area contributed by atoms with Gasteiger partial charge in [-0.3, -0.25) is 76.8 Å². The second-order valence-corrected chi connectivity index (χ2v) is 35.2. The lowest BCUT2D eigenvalue weighted by Crippen LogP contribution is -2.39. The van der Waals surface area contributed by atoms with E-state index in [2.05, 4.69) is 62.8 Å². The second kappa shape index (κ2) is 36.7. The van der Waals surface area contributed by atoms with Gasteiger partial charge in [-0.2, -0.15) is 33.6 Å². The van der Waals surface area contributed by atoms with Crippen LogP contribution in [0.1, 0.15) is 130 Å². The number of halogens is 7. The van der Waals surface area contributed by atoms with Gasteiger partial charge in [0.25, 0.3) is 57.7 Å². The minimum Gasteiger partial charge on any atom is -0.380 e. The standard InChI is InChI=1S/C29H25FN4O2.C26H17FN4O5.C22H16F4N4O2S.C22H16FN3O5/c30-26-11-10-20(13-27-23-8-4-5-9-24(23)28(35)32-31-27)12-25(26)29(36)34-17-21-15-33(16-22(21)18-34)14-19-6-2-1-3-7-19;27-20-8-5-13(10-21-15-3-1-2-4-16(15)22(32)29-28-21)9-17(20)24(34)31-25(35)18-11-30(12-19(18)26(31)36)23(33)14-6-7-14;23-15-6-5-11(8-16-12-3-1-2-4-13(12)19(31)29-28-16)7-14(15)20(32)30-9-17-18(10-30)33-21(27-17)22(24,25)26;23-17-6-5-11(8-18-12-3-1-2-4-13(12)19(27)25-24-18)7-14(17)20(28)26-21(29)15-9-31-10-16(15)22(26)30/h1-12H,13-18H2,(H,32,35);1-5,8-9,11-12,14H,6-7,10H2,(H,29,32);1-7,17-18H,8-10H2,(H,29,31);1-7,15-16H,8-10H2,(H,25,27). The number of aromatic amines is 4. The van der Waals surface area contributed by atoms with E-state index in [1.165, 1.54) is 87.1 Å². The number of aromatic nitrogens is 9. The Hall–Kier alpha value is -15.8. The molecule has 8 aliphatic rings. The summed E-state index contributed by atoms with van der Waals surface area (Å²) in [4.78, 5) is 174. The number of amides is 8. The van der Waals surface area contributed by atoms with Crippen molar-refractivity contribution in [3.8, 4) is 0 Å². The topological polar surface area (TPSA) is 379 Å². The summed E-state index contributed by atoms with van der Waals surface area (Å²) in [5.41, 5.74) is 6.21. The maximum Gasteiger partial charge on any atom is 0.439 e. The summed E-state index contributed by atoms with van der Waals surface area (Å²) in [5.74, 6) is -10.8. The molecule has 14 aromatic rings. The highest BCUT2D eigenvalue weighted by atomic mass is 32.2. The average molecular weight is 1860 g/mol. The molecule has 136 heavy (non-hydrogen) atoms. The van der Waals surface area contributed by atoms with Crippen molar-refractivity contribution in [3.63, 3.8) is 0 Å². The van der Waals surface area contributed by atoms with Crippen LogP contribution >= 0.6 is 11.8 Å². The predicted octanol–water partition coefficient (Wildman–Crippen LogP) is 11.8. The van der Waals surface area contributed by atoms with E-state index in [9.17, 15) is 93.1 Å². The van der Waals surface area contributed by atoms with Gasteiger partial charge in [0.05, 0.1) is 114 Å². The summed E-state index contributed by atoms with van der Waals surface area (Å²) in [6.07, 6.45) is 0.519. The zero-order chi connectivity index (χ0) is 94.8. The molecule has 4 N–H and O–H groups in total. The summed E-state index contributed by atoms with van der Waals surface area (Å²) in [6, 6.07) is 54.2. The van der Waals surface area contributed by atoms with Crippen molar-refractivity contribution in [2.75, 3.05) is 52.5 Å². The molecule has 22 rings (SSSR count). The molecule has 0 radical (unpaired) electrons. The maximum absolute atomic E-state index is 14.8. The summed E-state index contributed by atoms with van der Waals surface area (Å²) in [5, 5.41) is 29.6. The first kappa shape index (κ1) is 89.5. The van der Waals surface area contributed by atoms with Crippen LogP contribution in [0.5, 0.6) is 0 Å². The van der Waals surface area contributed by atoms with Gasteiger partial charge in [0.1, 0.15) is 23.3 Å². The van der Waals surface area contributed by atoms with E-state index in [0.717, 1.165) is 55.6 Å². The van der Waals surface area contributed by atoms with Crippen LogP contribution in [0.3, 0.4) is 0 Å². The molecule has 4 unspecified atom stereocenters. The van der Waals surface area contributed by atoms with Crippen LogP contribution in [-0.4, -0.2) is 198 Å². The number of aliphatic imine (C=N–C) groups is 1. The Kier molecular flexibility index (Phi) is 24.1. The number of nitrogens with zero attached hydrogens (tertiary/aromatic N) is 11. The van der Waals surface area contributed by atoms with Gasteiger partial charge >= 0.3 is 6.18 Å². The van der Waals surface area contributed by atoms with Gasteiger partial charge in [-0.15, -0.1) is 0 Å². The second-order valence-electron chi connectivity index (χ2n) is 33.9. The number of thioether (sulfide) groups is 1. The molecule has 4 fully saturated rings. The van der Waals surface area contributed by atoms with Gasteiger partial charge in [0.2, 0.25) is 17.7 Å². The predicted molar refractivity (Wildman–Crippen MR) is 482 cm³/mol. The highest BCUT2D eigenvalue weighted by molar-refractivity contribution is 8.15. The van der Waals surface area contributed by atoms with E-state index in [4.69, 9.17) is 4.74 Å². The molecular weight excluding hydrogens is 1790 g/mol. The number of hydrogen-bond donors (Lipinski definition) is 4. The Morgan fingerprint density at radius 1 is 0.404 bits per heavy atom. The van der Waals surface area contributed by atoms with Gasteiger partial charge in [-0.25, -0.2) is 47.8 Å². The Bertz CT molecular complexity index is 7650. The molecule has 1 aliphatic carbocycles. The zero-order valence-corrected chi connectivity index (χ0v) is 72.2. The maximum atomic E-state index is 14.8. The number of likely N-dealkylation sites (tertiary alicyclic amines) is 2. The lowest BCUT2D eigenvalue weighted by Gasteiger charge is -2.23. The fourth-order valence-electron chi connectivity index (χ4n) is 18.0. The van der Waals surface area contributed by atoms with Gasteiger partial charge in [-0.1, -0.05) is 139 Å². The van der Waals surface area contributed by atoms with Crippen LogP contribution in [0.2, 0.25) is 0 Å². The number of carbonyl (C=O) groups is 9. The Labute approximate surface area is 767 Å². The third-order valence-electron chi connectivity index (χ3n) is 25.0. The van der Waals surface area contributed by atoms with Gasteiger partial charge < -0.3 is 14.5 Å². The summed E-state index contributed by atoms with van der Waals surface area (Å²) in [6.45, 7) is 3.84. The molecule has 9 aromatic carbocycles. The Morgan fingerprint density at radius 3 is 1.12 bits per heavy atom. The van der Waals surface area contributed by atoms with Gasteiger partial charge in [-0.05, 0) is 125 Å². The molecule has 0 spiro atoms. The lowest BCUT2D eigenvalue weighted by atomic mass is 10.00. The van der Waals surface area contributed by atoms with E-state index in [-0.39, 0.29) is 113 Å². The molecule has 684 valence electrons. The molecule has 0 bridgehead atoms. The third kappa shape index (κ3) is 17.7. The van der Waals surface area contributed by atoms with Crippen molar-refractivity contribution in [2.45, 2.75) is 62.5 Å². The van der Waals surface area contributed by atoms with Crippen molar-refractivity contribution >= 4 is 113 Å². The third-order valence-corrected chi connectivity index (χ3v) is 26.3. The van der Waals surface area contributed by atoms with Crippen molar-refractivity contribution in [3.05, 3.63) is 372 Å². The molecule has 7 aliphatic heterocycles. The molecule has 29 nitrogen and oxygen atoms in total. The highest BCUT2D eigenvalue weighted by Crippen LogP contribution is 2.42. The van der Waals surface area contributed by atoms with E-state index < -0.39 is 105 Å². The van der Waals surface area contributed by atoms with Crippen molar-refractivity contribution < 1.29 is 78.6 Å². The lowest BCUT2D eigenvalue weighted by molar-refractivity contribution is -0.138. The number of benzene rings is 9. The number of carbonyl (C=O) groups excluding carboxylic acids is 9.